The standard InChI is InChI=1S/C9H18N6Si/c1-16(2,3)7-4-5-8(12-14-10)9(6-7)13-15-11/h7-9H,4-6H2,1-3H3. The SMILES string of the molecule is C[Si](C)(C)C1CCC(N=[N+]=[N-])C(N=[N+]=[N-])C1. The predicted molar refractivity (Wildman–Crippen MR) is 66.8 cm³/mol. The van der Waals surface area contributed by atoms with Crippen LogP contribution in [0.4, 0.5) is 0 Å². The van der Waals surface area contributed by atoms with Gasteiger partial charge in [-0.3, -0.25) is 0 Å². The van der Waals surface area contributed by atoms with Crippen molar-refractivity contribution in [1.29, 1.82) is 0 Å². The normalized spacial score (nSPS) is 30.1. The Balaban J connectivity index is 2.80. The summed E-state index contributed by atoms with van der Waals surface area (Å²) in [5.74, 6) is 0. The van der Waals surface area contributed by atoms with Gasteiger partial charge in [-0.25, -0.2) is 0 Å². The first-order valence-electron chi connectivity index (χ1n) is 5.57. The van der Waals surface area contributed by atoms with Crippen LogP contribution >= 0.6 is 0 Å². The summed E-state index contributed by atoms with van der Waals surface area (Å²) in [6, 6.07) is -0.292. The molecule has 0 amide bonds. The first-order chi connectivity index (χ1) is 7.49. The second kappa shape index (κ2) is 5.25. The number of azide groups is 2. The van der Waals surface area contributed by atoms with Crippen LogP contribution in [0.15, 0.2) is 10.2 Å². The largest absolute Gasteiger partial charge is 0.0902 e. The fraction of sp³-hybridized carbons (Fsp3) is 1.00. The molecule has 16 heavy (non-hydrogen) atoms. The van der Waals surface area contributed by atoms with E-state index in [0.29, 0.717) is 5.54 Å². The molecule has 0 saturated heterocycles. The van der Waals surface area contributed by atoms with Crippen LogP contribution in [0.25, 0.3) is 20.9 Å². The molecular formula is C9H18N6Si. The zero-order valence-corrected chi connectivity index (χ0v) is 11.0. The van der Waals surface area contributed by atoms with E-state index in [2.05, 4.69) is 39.7 Å². The summed E-state index contributed by atoms with van der Waals surface area (Å²) >= 11 is 0. The predicted octanol–water partition coefficient (Wildman–Crippen LogP) is 4.24. The molecule has 3 atom stereocenters. The van der Waals surface area contributed by atoms with Gasteiger partial charge in [-0.2, -0.15) is 0 Å². The fourth-order valence-electron chi connectivity index (χ4n) is 2.31. The molecule has 0 N–H and O–H groups in total. The van der Waals surface area contributed by atoms with Crippen LogP contribution in [0.5, 0.6) is 0 Å². The van der Waals surface area contributed by atoms with Gasteiger partial charge in [0, 0.05) is 30.0 Å². The van der Waals surface area contributed by atoms with Gasteiger partial charge in [0.05, 0.1) is 0 Å². The van der Waals surface area contributed by atoms with E-state index in [-0.39, 0.29) is 12.1 Å². The van der Waals surface area contributed by atoms with Crippen LogP contribution in [0.2, 0.25) is 25.2 Å². The van der Waals surface area contributed by atoms with Crippen molar-refractivity contribution in [1.82, 2.24) is 0 Å². The number of hydrogen-bond acceptors (Lipinski definition) is 2. The molecule has 0 aromatic heterocycles. The van der Waals surface area contributed by atoms with Gasteiger partial charge in [-0.05, 0) is 29.4 Å². The molecule has 1 rings (SSSR count). The minimum atomic E-state index is -1.20. The van der Waals surface area contributed by atoms with Crippen molar-refractivity contribution in [2.75, 3.05) is 0 Å². The molecule has 6 nitrogen and oxygen atoms in total. The Kier molecular flexibility index (Phi) is 4.24. The zero-order valence-electron chi connectivity index (χ0n) is 10.0. The van der Waals surface area contributed by atoms with Crippen LogP contribution in [-0.4, -0.2) is 20.2 Å². The number of rotatable bonds is 3. The number of hydrogen-bond donors (Lipinski definition) is 0. The van der Waals surface area contributed by atoms with Crippen LogP contribution in [0.1, 0.15) is 19.3 Å². The van der Waals surface area contributed by atoms with Crippen LogP contribution < -0.4 is 0 Å². The third kappa shape index (κ3) is 3.17. The van der Waals surface area contributed by atoms with Gasteiger partial charge in [0.2, 0.25) is 0 Å². The van der Waals surface area contributed by atoms with Crippen molar-refractivity contribution in [3.63, 3.8) is 0 Å². The van der Waals surface area contributed by atoms with Crippen LogP contribution in [0.3, 0.4) is 0 Å². The molecule has 0 aliphatic heterocycles. The molecule has 3 unspecified atom stereocenters. The maximum atomic E-state index is 8.53. The Morgan fingerprint density at radius 2 is 1.56 bits per heavy atom. The fourth-order valence-corrected chi connectivity index (χ4v) is 4.29. The van der Waals surface area contributed by atoms with E-state index >= 15 is 0 Å². The third-order valence-electron chi connectivity index (χ3n) is 3.41. The molecule has 7 heteroatoms. The van der Waals surface area contributed by atoms with Gasteiger partial charge >= 0.3 is 0 Å². The highest BCUT2D eigenvalue weighted by Gasteiger charge is 2.35. The summed E-state index contributed by atoms with van der Waals surface area (Å²) < 4.78 is 0. The molecule has 0 bridgehead atoms. The summed E-state index contributed by atoms with van der Waals surface area (Å²) in [4.78, 5) is 5.70. The first kappa shape index (κ1) is 12.9. The lowest BCUT2D eigenvalue weighted by Crippen LogP contribution is -2.38. The van der Waals surface area contributed by atoms with Crippen molar-refractivity contribution >= 4 is 8.07 Å². The van der Waals surface area contributed by atoms with Gasteiger partial charge in [-0.15, -0.1) is 0 Å². The van der Waals surface area contributed by atoms with Crippen LogP contribution in [0, 0.1) is 0 Å². The Labute approximate surface area is 96.3 Å². The monoisotopic (exact) mass is 238 g/mol. The summed E-state index contributed by atoms with van der Waals surface area (Å²) in [7, 11) is -1.20. The second-order valence-electron chi connectivity index (χ2n) is 5.42. The van der Waals surface area contributed by atoms with E-state index in [4.69, 9.17) is 11.1 Å². The van der Waals surface area contributed by atoms with Crippen LogP contribution in [-0.2, 0) is 0 Å². The quantitative estimate of drug-likeness (QED) is 0.304. The highest BCUT2D eigenvalue weighted by molar-refractivity contribution is 6.77. The first-order valence-corrected chi connectivity index (χ1v) is 9.15. The van der Waals surface area contributed by atoms with Gasteiger partial charge in [0.15, 0.2) is 0 Å². The summed E-state index contributed by atoms with van der Waals surface area (Å²) in [5, 5.41) is 7.52. The van der Waals surface area contributed by atoms with Gasteiger partial charge in [-0.1, -0.05) is 36.3 Å². The second-order valence-corrected chi connectivity index (χ2v) is 11.0. The lowest BCUT2D eigenvalue weighted by atomic mass is 9.91. The van der Waals surface area contributed by atoms with Gasteiger partial charge in [0.25, 0.3) is 0 Å². The maximum Gasteiger partial charge on any atom is 0.0473 e. The highest BCUT2D eigenvalue weighted by Crippen LogP contribution is 2.39. The molecule has 0 aromatic carbocycles. The molecule has 1 fully saturated rings. The minimum Gasteiger partial charge on any atom is -0.0902 e. The van der Waals surface area contributed by atoms with E-state index in [1.54, 1.807) is 0 Å². The molecule has 0 spiro atoms. The Morgan fingerprint density at radius 1 is 1.00 bits per heavy atom. The molecule has 1 aliphatic carbocycles. The van der Waals surface area contributed by atoms with Gasteiger partial charge < -0.3 is 0 Å². The Hall–Kier alpha value is -1.16. The lowest BCUT2D eigenvalue weighted by molar-refractivity contribution is 0.377. The molecule has 88 valence electrons. The van der Waals surface area contributed by atoms with E-state index < -0.39 is 8.07 Å². The maximum absolute atomic E-state index is 8.53. The van der Waals surface area contributed by atoms with E-state index in [1.165, 1.54) is 0 Å². The van der Waals surface area contributed by atoms with Crippen molar-refractivity contribution in [2.24, 2.45) is 10.2 Å². The molecule has 1 saturated carbocycles. The number of nitrogens with zero attached hydrogens (tertiary/aromatic N) is 6. The van der Waals surface area contributed by atoms with E-state index in [0.717, 1.165) is 19.3 Å². The molecular weight excluding hydrogens is 220 g/mol. The summed E-state index contributed by atoms with van der Waals surface area (Å²) in [6.45, 7) is 7.00. The molecule has 0 radical (unpaired) electrons. The van der Waals surface area contributed by atoms with Crippen molar-refractivity contribution in [2.45, 2.75) is 56.5 Å². The third-order valence-corrected chi connectivity index (χ3v) is 6.38. The molecule has 1 aliphatic rings. The molecule has 0 aromatic rings. The highest BCUT2D eigenvalue weighted by atomic mass is 28.3. The Bertz CT molecular complexity index is 336. The average Bonchev–Trinajstić information content (AvgIpc) is 2.19. The molecule has 0 heterocycles. The van der Waals surface area contributed by atoms with Gasteiger partial charge in [0.1, 0.15) is 0 Å². The average molecular weight is 238 g/mol. The smallest absolute Gasteiger partial charge is 0.0473 e. The van der Waals surface area contributed by atoms with Crippen molar-refractivity contribution in [3.8, 4) is 0 Å². The van der Waals surface area contributed by atoms with E-state index in [9.17, 15) is 0 Å². The lowest BCUT2D eigenvalue weighted by Gasteiger charge is -2.37. The topological polar surface area (TPSA) is 97.5 Å². The summed E-state index contributed by atoms with van der Waals surface area (Å²) in [5.41, 5.74) is 17.7. The minimum absolute atomic E-state index is 0.145. The summed E-state index contributed by atoms with van der Waals surface area (Å²) in [6.07, 6.45) is 2.82. The zero-order chi connectivity index (χ0) is 12.2. The van der Waals surface area contributed by atoms with Crippen molar-refractivity contribution < 1.29 is 0 Å². The Morgan fingerprint density at radius 3 is 2.06 bits per heavy atom. The van der Waals surface area contributed by atoms with E-state index in [1.807, 2.05) is 0 Å². The van der Waals surface area contributed by atoms with Crippen molar-refractivity contribution in [3.05, 3.63) is 20.9 Å².